The molecule has 11 aromatic carbocycles. The van der Waals surface area contributed by atoms with Crippen LogP contribution in [0.5, 0.6) is 5.75 Å². The third-order valence-electron chi connectivity index (χ3n) is 13.8. The van der Waals surface area contributed by atoms with Crippen LogP contribution in [0.2, 0.25) is 0 Å². The normalized spacial score (nSPS) is 11.6. The first-order chi connectivity index (χ1) is 35.0. The molecule has 0 aliphatic heterocycles. The summed E-state index contributed by atoms with van der Waals surface area (Å²) in [6.07, 6.45) is 0. The van der Waals surface area contributed by atoms with Gasteiger partial charge < -0.3 is 23.7 Å². The Bertz CT molecular complexity index is 4170. The van der Waals surface area contributed by atoms with E-state index in [1.54, 1.807) is 0 Å². The number of para-hydroxylation sites is 4. The van der Waals surface area contributed by atoms with Gasteiger partial charge in [0.2, 0.25) is 0 Å². The molecule has 0 unspecified atom stereocenters. The minimum atomic E-state index is 0.239. The zero-order chi connectivity index (χ0) is 47.6. The van der Waals surface area contributed by atoms with Crippen LogP contribution in [0, 0.1) is 13.8 Å². The van der Waals surface area contributed by atoms with E-state index in [9.17, 15) is 5.11 Å². The van der Waals surface area contributed by atoms with Gasteiger partial charge in [-0.3, -0.25) is 0 Å². The average molecular weight is 915 g/mol. The van der Waals surface area contributed by atoms with Gasteiger partial charge in [-0.05, 0) is 90.2 Å². The lowest BCUT2D eigenvalue weighted by Gasteiger charge is -2.31. The topological polar surface area (TPSA) is 53.0 Å². The fraction of sp³-hybridized carbons (Fsp3) is 0.0303. The number of anilines is 6. The molecule has 0 amide bonds. The van der Waals surface area contributed by atoms with Crippen molar-refractivity contribution < 1.29 is 13.9 Å². The van der Waals surface area contributed by atoms with Crippen molar-refractivity contribution >= 4 is 88.8 Å². The van der Waals surface area contributed by atoms with Crippen molar-refractivity contribution in [2.24, 2.45) is 0 Å². The number of phenols is 1. The molecular formula is C66H46N2O3. The Balaban J connectivity index is 1.11. The molecule has 5 heteroatoms. The fourth-order valence-electron chi connectivity index (χ4n) is 10.7. The van der Waals surface area contributed by atoms with Gasteiger partial charge in [-0.1, -0.05) is 188 Å². The number of aromatic hydroxyl groups is 1. The van der Waals surface area contributed by atoms with Crippen LogP contribution >= 0.6 is 0 Å². The Morgan fingerprint density at radius 2 is 0.817 bits per heavy atom. The van der Waals surface area contributed by atoms with Crippen LogP contribution in [0.1, 0.15) is 11.1 Å². The standard InChI is InChI=1S/C66H46N2O3/c1-42-19-13-26-47(39-42)67(49-28-15-25-46(41-49)51-33-16-32-50(63(51)69)44-21-5-3-6-22-44)61-53-29-9-10-30-54(53)62(66-60(61)57-31-11-12-38-59(57)70-66)68(48-27-14-20-43(2)40-48)58-37-18-36-56-55-35-17-34-52(64(55)71-65(56)58)45-23-7-4-8-24-45/h3-41,69H,1-2H3. The highest BCUT2D eigenvalue weighted by atomic mass is 16.3. The monoisotopic (exact) mass is 914 g/mol. The molecule has 2 heterocycles. The SMILES string of the molecule is Cc1cccc(N(c2cccc3c2oc2c(-c4ccccc4)cccc23)c2c3ccccc3c(N(c3cccc(C)c3)c3cccc(-c4cccc(-c5ccccc5)c4O)c3)c3c2oc2ccccc23)c1. The van der Waals surface area contributed by atoms with Crippen molar-refractivity contribution in [2.45, 2.75) is 13.8 Å². The maximum Gasteiger partial charge on any atom is 0.162 e. The smallest absolute Gasteiger partial charge is 0.162 e. The van der Waals surface area contributed by atoms with Crippen LogP contribution in [0.3, 0.4) is 0 Å². The zero-order valence-corrected chi connectivity index (χ0v) is 39.2. The van der Waals surface area contributed by atoms with Gasteiger partial charge in [0.1, 0.15) is 16.9 Å². The van der Waals surface area contributed by atoms with Crippen LogP contribution in [0.25, 0.3) is 88.0 Å². The van der Waals surface area contributed by atoms with Crippen molar-refractivity contribution in [2.75, 3.05) is 9.80 Å². The van der Waals surface area contributed by atoms with Crippen molar-refractivity contribution in [3.63, 3.8) is 0 Å². The number of hydrogen-bond acceptors (Lipinski definition) is 5. The zero-order valence-electron chi connectivity index (χ0n) is 39.2. The molecule has 0 aliphatic rings. The Hall–Kier alpha value is -9.32. The number of fused-ring (bicyclic) bond motifs is 7. The molecule has 13 aromatic rings. The van der Waals surface area contributed by atoms with Gasteiger partial charge in [0, 0.05) is 60.7 Å². The molecule has 0 radical (unpaired) electrons. The summed E-state index contributed by atoms with van der Waals surface area (Å²) in [4.78, 5) is 4.71. The second-order valence-corrected chi connectivity index (χ2v) is 18.3. The van der Waals surface area contributed by atoms with E-state index in [-0.39, 0.29) is 5.75 Å². The molecule has 1 N–H and O–H groups in total. The number of nitrogens with zero attached hydrogens (tertiary/aromatic N) is 2. The van der Waals surface area contributed by atoms with E-state index in [0.717, 1.165) is 133 Å². The van der Waals surface area contributed by atoms with E-state index in [1.165, 1.54) is 0 Å². The summed E-state index contributed by atoms with van der Waals surface area (Å²) in [6, 6.07) is 82.3. The quantitative estimate of drug-likeness (QED) is 0.146. The van der Waals surface area contributed by atoms with Gasteiger partial charge in [0.25, 0.3) is 0 Å². The lowest BCUT2D eigenvalue weighted by molar-refractivity contribution is 0.479. The molecule has 13 rings (SSSR count). The highest BCUT2D eigenvalue weighted by molar-refractivity contribution is 6.29. The molecule has 5 nitrogen and oxygen atoms in total. The molecule has 338 valence electrons. The van der Waals surface area contributed by atoms with Crippen molar-refractivity contribution in [3.05, 3.63) is 248 Å². The first-order valence-electron chi connectivity index (χ1n) is 24.1. The van der Waals surface area contributed by atoms with Gasteiger partial charge in [0.15, 0.2) is 11.2 Å². The third kappa shape index (κ3) is 7.01. The van der Waals surface area contributed by atoms with E-state index in [2.05, 4.69) is 200 Å². The van der Waals surface area contributed by atoms with Gasteiger partial charge in [-0.15, -0.1) is 0 Å². The summed E-state index contributed by atoms with van der Waals surface area (Å²) in [6.45, 7) is 4.27. The summed E-state index contributed by atoms with van der Waals surface area (Å²) < 4.78 is 14.5. The minimum absolute atomic E-state index is 0.239. The molecular weight excluding hydrogens is 869 g/mol. The number of rotatable bonds is 9. The second kappa shape index (κ2) is 17.0. The van der Waals surface area contributed by atoms with E-state index in [0.29, 0.717) is 0 Å². The number of hydrogen-bond donors (Lipinski definition) is 1. The van der Waals surface area contributed by atoms with Gasteiger partial charge in [-0.25, -0.2) is 0 Å². The number of aryl methyl sites for hydroxylation is 2. The number of furan rings is 2. The summed E-state index contributed by atoms with van der Waals surface area (Å²) in [5.41, 5.74) is 16.6. The van der Waals surface area contributed by atoms with Crippen LogP contribution < -0.4 is 9.80 Å². The molecule has 71 heavy (non-hydrogen) atoms. The molecule has 2 aromatic heterocycles. The van der Waals surface area contributed by atoms with E-state index >= 15 is 0 Å². The summed E-state index contributed by atoms with van der Waals surface area (Å²) >= 11 is 0. The van der Waals surface area contributed by atoms with E-state index < -0.39 is 0 Å². The average Bonchev–Trinajstić information content (AvgIpc) is 4.00. The largest absolute Gasteiger partial charge is 0.507 e. The highest BCUT2D eigenvalue weighted by Crippen LogP contribution is 2.55. The Kier molecular flexibility index (Phi) is 10.0. The lowest BCUT2D eigenvalue weighted by Crippen LogP contribution is -2.14. The highest BCUT2D eigenvalue weighted by Gasteiger charge is 2.31. The maximum atomic E-state index is 12.0. The molecule has 0 fully saturated rings. The summed E-state index contributed by atoms with van der Waals surface area (Å²) in [7, 11) is 0. The van der Waals surface area contributed by atoms with E-state index in [4.69, 9.17) is 8.83 Å². The molecule has 0 saturated heterocycles. The van der Waals surface area contributed by atoms with Crippen molar-refractivity contribution in [1.82, 2.24) is 0 Å². The Morgan fingerprint density at radius 3 is 1.51 bits per heavy atom. The minimum Gasteiger partial charge on any atom is -0.507 e. The first-order valence-corrected chi connectivity index (χ1v) is 24.1. The van der Waals surface area contributed by atoms with Crippen LogP contribution in [0.4, 0.5) is 34.1 Å². The second-order valence-electron chi connectivity index (χ2n) is 18.3. The number of benzene rings is 11. The number of phenolic OH excluding ortho intramolecular Hbond substituents is 1. The van der Waals surface area contributed by atoms with Gasteiger partial charge in [-0.2, -0.15) is 0 Å². The maximum absolute atomic E-state index is 12.0. The van der Waals surface area contributed by atoms with Gasteiger partial charge in [0.05, 0.1) is 22.4 Å². The molecule has 0 bridgehead atoms. The van der Waals surface area contributed by atoms with E-state index in [1.807, 2.05) is 60.7 Å². The molecule has 0 saturated carbocycles. The molecule has 0 aliphatic carbocycles. The Morgan fingerprint density at radius 1 is 0.338 bits per heavy atom. The molecule has 0 atom stereocenters. The summed E-state index contributed by atoms with van der Waals surface area (Å²) in [5.74, 6) is 0.239. The fourth-order valence-corrected chi connectivity index (χ4v) is 10.7. The summed E-state index contributed by atoms with van der Waals surface area (Å²) in [5, 5.41) is 18.1. The Labute approximate surface area is 411 Å². The third-order valence-corrected chi connectivity index (χ3v) is 13.8. The van der Waals surface area contributed by atoms with Crippen LogP contribution in [-0.4, -0.2) is 5.11 Å². The van der Waals surface area contributed by atoms with Crippen LogP contribution in [-0.2, 0) is 0 Å². The molecule has 0 spiro atoms. The predicted octanol–water partition coefficient (Wildman–Crippen LogP) is 18.9. The van der Waals surface area contributed by atoms with Crippen molar-refractivity contribution in [1.29, 1.82) is 0 Å². The van der Waals surface area contributed by atoms with Gasteiger partial charge >= 0.3 is 0 Å². The van der Waals surface area contributed by atoms with Crippen molar-refractivity contribution in [3.8, 4) is 39.1 Å². The van der Waals surface area contributed by atoms with Crippen LogP contribution in [0.15, 0.2) is 245 Å². The predicted molar refractivity (Wildman–Crippen MR) is 295 cm³/mol. The first kappa shape index (κ1) is 41.8. The lowest BCUT2D eigenvalue weighted by atomic mass is 9.95.